The molecule has 0 saturated heterocycles. The second-order valence-electron chi connectivity index (χ2n) is 4.90. The standard InChI is InChI=1S/C15H21F3N2O/c1-3-8-20(9-4-2)11-14(21)19-13-7-5-6-12(10-13)15(16,17)18/h5-7,10H,3-4,8-9,11H2,1-2H3,(H,19,21). The van der Waals surface area contributed by atoms with Gasteiger partial charge >= 0.3 is 6.18 Å². The normalized spacial score (nSPS) is 11.7. The lowest BCUT2D eigenvalue weighted by Crippen LogP contribution is -2.34. The highest BCUT2D eigenvalue weighted by atomic mass is 19.4. The number of anilines is 1. The first kappa shape index (κ1) is 17.5. The Kier molecular flexibility index (Phi) is 6.68. The zero-order valence-electron chi connectivity index (χ0n) is 12.3. The van der Waals surface area contributed by atoms with Crippen LogP contribution in [-0.4, -0.2) is 30.4 Å². The van der Waals surface area contributed by atoms with Gasteiger partial charge in [0.15, 0.2) is 0 Å². The molecule has 0 heterocycles. The number of carbonyl (C=O) groups excluding carboxylic acids is 1. The lowest BCUT2D eigenvalue weighted by atomic mass is 10.2. The minimum Gasteiger partial charge on any atom is -0.325 e. The summed E-state index contributed by atoms with van der Waals surface area (Å²) in [5, 5.41) is 2.52. The van der Waals surface area contributed by atoms with Crippen molar-refractivity contribution in [3.63, 3.8) is 0 Å². The first-order chi connectivity index (χ1) is 9.86. The van der Waals surface area contributed by atoms with Gasteiger partial charge in [0.25, 0.3) is 0 Å². The summed E-state index contributed by atoms with van der Waals surface area (Å²) in [6.45, 7) is 5.83. The monoisotopic (exact) mass is 302 g/mol. The van der Waals surface area contributed by atoms with E-state index >= 15 is 0 Å². The van der Waals surface area contributed by atoms with Crippen molar-refractivity contribution in [1.29, 1.82) is 0 Å². The van der Waals surface area contributed by atoms with Crippen LogP contribution in [0.4, 0.5) is 18.9 Å². The molecule has 0 bridgehead atoms. The van der Waals surface area contributed by atoms with Crippen LogP contribution in [0, 0.1) is 0 Å². The van der Waals surface area contributed by atoms with Crippen molar-refractivity contribution in [3.05, 3.63) is 29.8 Å². The van der Waals surface area contributed by atoms with Gasteiger partial charge in [-0.3, -0.25) is 9.69 Å². The van der Waals surface area contributed by atoms with Gasteiger partial charge in [0.05, 0.1) is 12.1 Å². The number of hydrogen-bond donors (Lipinski definition) is 1. The number of carbonyl (C=O) groups is 1. The van der Waals surface area contributed by atoms with Crippen LogP contribution in [-0.2, 0) is 11.0 Å². The Labute approximate surface area is 123 Å². The summed E-state index contributed by atoms with van der Waals surface area (Å²) in [4.78, 5) is 13.9. The second-order valence-corrected chi connectivity index (χ2v) is 4.90. The third kappa shape index (κ3) is 6.16. The van der Waals surface area contributed by atoms with E-state index in [9.17, 15) is 18.0 Å². The van der Waals surface area contributed by atoms with Crippen LogP contribution in [0.3, 0.4) is 0 Å². The van der Waals surface area contributed by atoms with Crippen molar-refractivity contribution in [2.75, 3.05) is 25.0 Å². The van der Waals surface area contributed by atoms with E-state index < -0.39 is 11.7 Å². The van der Waals surface area contributed by atoms with Crippen molar-refractivity contribution in [2.45, 2.75) is 32.9 Å². The maximum absolute atomic E-state index is 12.6. The van der Waals surface area contributed by atoms with Gasteiger partial charge in [-0.1, -0.05) is 19.9 Å². The summed E-state index contributed by atoms with van der Waals surface area (Å²) in [6.07, 6.45) is -2.55. The van der Waals surface area contributed by atoms with E-state index in [-0.39, 0.29) is 18.1 Å². The topological polar surface area (TPSA) is 32.3 Å². The van der Waals surface area contributed by atoms with Crippen molar-refractivity contribution >= 4 is 11.6 Å². The van der Waals surface area contributed by atoms with Crippen LogP contribution in [0.5, 0.6) is 0 Å². The molecule has 1 aromatic carbocycles. The molecule has 0 aliphatic rings. The van der Waals surface area contributed by atoms with E-state index in [0.29, 0.717) is 0 Å². The quantitative estimate of drug-likeness (QED) is 0.831. The number of rotatable bonds is 7. The third-order valence-electron chi connectivity index (χ3n) is 2.92. The van der Waals surface area contributed by atoms with Gasteiger partial charge in [0, 0.05) is 5.69 Å². The van der Waals surface area contributed by atoms with Crippen LogP contribution in [0.25, 0.3) is 0 Å². The van der Waals surface area contributed by atoms with Gasteiger partial charge in [-0.25, -0.2) is 0 Å². The lowest BCUT2D eigenvalue weighted by Gasteiger charge is -2.20. The fourth-order valence-electron chi connectivity index (χ4n) is 2.08. The number of halogens is 3. The molecule has 0 atom stereocenters. The molecular formula is C15H21F3N2O. The molecule has 3 nitrogen and oxygen atoms in total. The van der Waals surface area contributed by atoms with E-state index in [0.717, 1.165) is 38.1 Å². The molecule has 21 heavy (non-hydrogen) atoms. The zero-order chi connectivity index (χ0) is 15.9. The maximum atomic E-state index is 12.6. The van der Waals surface area contributed by atoms with Crippen LogP contribution >= 0.6 is 0 Å². The molecule has 6 heteroatoms. The third-order valence-corrected chi connectivity index (χ3v) is 2.92. The molecule has 0 unspecified atom stereocenters. The molecule has 0 saturated carbocycles. The predicted molar refractivity (Wildman–Crippen MR) is 77.1 cm³/mol. The first-order valence-electron chi connectivity index (χ1n) is 7.06. The summed E-state index contributed by atoms with van der Waals surface area (Å²) in [6, 6.07) is 4.67. The molecule has 0 spiro atoms. The Morgan fingerprint density at radius 3 is 2.33 bits per heavy atom. The lowest BCUT2D eigenvalue weighted by molar-refractivity contribution is -0.137. The van der Waals surface area contributed by atoms with Crippen molar-refractivity contribution in [3.8, 4) is 0 Å². The molecule has 1 aromatic rings. The SMILES string of the molecule is CCCN(CCC)CC(=O)Nc1cccc(C(F)(F)F)c1. The van der Waals surface area contributed by atoms with Crippen molar-refractivity contribution in [2.24, 2.45) is 0 Å². The van der Waals surface area contributed by atoms with E-state index in [4.69, 9.17) is 0 Å². The zero-order valence-corrected chi connectivity index (χ0v) is 12.3. The molecule has 1 amide bonds. The number of amides is 1. The molecule has 1 N–H and O–H groups in total. The Bertz CT molecular complexity index is 454. The molecule has 0 radical (unpaired) electrons. The highest BCUT2D eigenvalue weighted by Crippen LogP contribution is 2.30. The summed E-state index contributed by atoms with van der Waals surface area (Å²) < 4.78 is 37.8. The largest absolute Gasteiger partial charge is 0.416 e. The smallest absolute Gasteiger partial charge is 0.325 e. The molecule has 1 rings (SSSR count). The van der Waals surface area contributed by atoms with Crippen LogP contribution in [0.1, 0.15) is 32.3 Å². The van der Waals surface area contributed by atoms with E-state index in [2.05, 4.69) is 5.32 Å². The van der Waals surface area contributed by atoms with Crippen molar-refractivity contribution < 1.29 is 18.0 Å². The average Bonchev–Trinajstić information content (AvgIpc) is 2.38. The highest BCUT2D eigenvalue weighted by molar-refractivity contribution is 5.92. The van der Waals surface area contributed by atoms with Crippen LogP contribution < -0.4 is 5.32 Å². The first-order valence-corrected chi connectivity index (χ1v) is 7.06. The van der Waals surface area contributed by atoms with E-state index in [1.165, 1.54) is 12.1 Å². The number of hydrogen-bond acceptors (Lipinski definition) is 2. The Morgan fingerprint density at radius 1 is 1.19 bits per heavy atom. The van der Waals surface area contributed by atoms with Gasteiger partial charge in [-0.15, -0.1) is 0 Å². The van der Waals surface area contributed by atoms with Gasteiger partial charge < -0.3 is 5.32 Å². The summed E-state index contributed by atoms with van der Waals surface area (Å²) in [5.74, 6) is -0.295. The fourth-order valence-corrected chi connectivity index (χ4v) is 2.08. The molecule has 0 fully saturated rings. The van der Waals surface area contributed by atoms with Gasteiger partial charge in [0.2, 0.25) is 5.91 Å². The summed E-state index contributed by atoms with van der Waals surface area (Å²) in [5.41, 5.74) is -0.595. The second kappa shape index (κ2) is 8.02. The van der Waals surface area contributed by atoms with Crippen LogP contribution in [0.15, 0.2) is 24.3 Å². The van der Waals surface area contributed by atoms with Gasteiger partial charge in [-0.05, 0) is 44.1 Å². The summed E-state index contributed by atoms with van der Waals surface area (Å²) in [7, 11) is 0. The fraction of sp³-hybridized carbons (Fsp3) is 0.533. The highest BCUT2D eigenvalue weighted by Gasteiger charge is 2.30. The number of benzene rings is 1. The van der Waals surface area contributed by atoms with E-state index in [1.54, 1.807) is 0 Å². The molecule has 0 aliphatic heterocycles. The molecule has 0 aromatic heterocycles. The van der Waals surface area contributed by atoms with Crippen molar-refractivity contribution in [1.82, 2.24) is 4.90 Å². The number of alkyl halides is 3. The number of nitrogens with one attached hydrogen (secondary N) is 1. The molecular weight excluding hydrogens is 281 g/mol. The van der Waals surface area contributed by atoms with Gasteiger partial charge in [0.1, 0.15) is 0 Å². The number of nitrogens with zero attached hydrogens (tertiary/aromatic N) is 1. The average molecular weight is 302 g/mol. The minimum absolute atomic E-state index is 0.169. The minimum atomic E-state index is -4.41. The van der Waals surface area contributed by atoms with Crippen LogP contribution in [0.2, 0.25) is 0 Å². The predicted octanol–water partition coefficient (Wildman–Crippen LogP) is 3.77. The Hall–Kier alpha value is -1.56. The molecule has 0 aliphatic carbocycles. The van der Waals surface area contributed by atoms with E-state index in [1.807, 2.05) is 18.7 Å². The molecule has 118 valence electrons. The Morgan fingerprint density at radius 2 is 1.81 bits per heavy atom. The maximum Gasteiger partial charge on any atom is 0.416 e. The summed E-state index contributed by atoms with van der Waals surface area (Å²) >= 11 is 0. The Balaban J connectivity index is 2.66. The van der Waals surface area contributed by atoms with Gasteiger partial charge in [-0.2, -0.15) is 13.2 Å².